The average Bonchev–Trinajstić information content (AvgIpc) is 3.16. The van der Waals surface area contributed by atoms with Crippen molar-refractivity contribution in [1.29, 1.82) is 0 Å². The van der Waals surface area contributed by atoms with Crippen LogP contribution < -0.4 is 25.5 Å². The van der Waals surface area contributed by atoms with Crippen molar-refractivity contribution >= 4 is 11.8 Å². The molecule has 0 saturated carbocycles. The second-order valence-corrected chi connectivity index (χ2v) is 8.11. The number of imidazole rings is 1. The predicted molar refractivity (Wildman–Crippen MR) is 132 cm³/mol. The third-order valence-corrected chi connectivity index (χ3v) is 5.70. The normalized spacial score (nSPS) is 13.3. The van der Waals surface area contributed by atoms with Crippen molar-refractivity contribution in [1.82, 2.24) is 19.9 Å². The Bertz CT molecular complexity index is 1270. The zero-order valence-electron chi connectivity index (χ0n) is 19.5. The number of carbonyl (C=O) groups excluding carboxylic acids is 1. The standard InChI is InChI=1S/C25H27N5O6/c1-2-15-35-21-9-5-19(6-10-21)28-11-13-29(14-12-28)25(34)36-30-23(32)22(27-24(30)33)17-26-16-18-3-7-20(31)8-4-18/h1,3-10,26,31-32H,11-17H2,(H,27,33). The van der Waals surface area contributed by atoms with E-state index in [-0.39, 0.29) is 24.6 Å². The number of aromatic hydroxyl groups is 2. The van der Waals surface area contributed by atoms with Crippen LogP contribution in [0.25, 0.3) is 0 Å². The van der Waals surface area contributed by atoms with Gasteiger partial charge in [0.15, 0.2) is 0 Å². The molecule has 1 amide bonds. The first-order chi connectivity index (χ1) is 17.4. The van der Waals surface area contributed by atoms with Crippen molar-refractivity contribution < 1.29 is 24.6 Å². The van der Waals surface area contributed by atoms with Gasteiger partial charge in [0.2, 0.25) is 0 Å². The van der Waals surface area contributed by atoms with E-state index in [4.69, 9.17) is 16.0 Å². The van der Waals surface area contributed by atoms with Crippen LogP contribution in [0.1, 0.15) is 11.3 Å². The number of phenols is 1. The highest BCUT2D eigenvalue weighted by Gasteiger charge is 2.25. The first kappa shape index (κ1) is 24.6. The molecule has 2 heterocycles. The van der Waals surface area contributed by atoms with E-state index in [2.05, 4.69) is 21.1 Å². The van der Waals surface area contributed by atoms with E-state index in [0.29, 0.717) is 43.2 Å². The number of aromatic amines is 1. The minimum atomic E-state index is -0.756. The van der Waals surface area contributed by atoms with Crippen LogP contribution in [0, 0.1) is 12.3 Å². The fraction of sp³-hybridized carbons (Fsp3) is 0.280. The number of hydrogen-bond acceptors (Lipinski definition) is 8. The van der Waals surface area contributed by atoms with Crippen molar-refractivity contribution in [3.05, 3.63) is 70.3 Å². The van der Waals surface area contributed by atoms with Crippen LogP contribution in [0.15, 0.2) is 53.3 Å². The van der Waals surface area contributed by atoms with Crippen LogP contribution in [0.4, 0.5) is 10.5 Å². The van der Waals surface area contributed by atoms with Gasteiger partial charge in [-0.1, -0.05) is 22.8 Å². The van der Waals surface area contributed by atoms with Gasteiger partial charge in [0.1, 0.15) is 18.1 Å². The fourth-order valence-electron chi connectivity index (χ4n) is 3.77. The minimum Gasteiger partial charge on any atom is -0.508 e. The summed E-state index contributed by atoms with van der Waals surface area (Å²) in [4.78, 5) is 36.1. The van der Waals surface area contributed by atoms with Crippen molar-refractivity contribution in [2.75, 3.05) is 37.7 Å². The Kier molecular flexibility index (Phi) is 7.67. The second-order valence-electron chi connectivity index (χ2n) is 8.11. The molecular weight excluding hydrogens is 466 g/mol. The van der Waals surface area contributed by atoms with E-state index in [1.54, 1.807) is 24.3 Å². The highest BCUT2D eigenvalue weighted by Crippen LogP contribution is 2.21. The van der Waals surface area contributed by atoms with Crippen molar-refractivity contribution in [2.24, 2.45) is 0 Å². The molecule has 11 heteroatoms. The van der Waals surface area contributed by atoms with E-state index in [1.807, 2.05) is 24.3 Å². The Morgan fingerprint density at radius 1 is 1.03 bits per heavy atom. The number of ether oxygens (including phenoxy) is 1. The first-order valence-electron chi connectivity index (χ1n) is 11.3. The van der Waals surface area contributed by atoms with Crippen molar-refractivity contribution in [2.45, 2.75) is 13.1 Å². The maximum absolute atomic E-state index is 12.6. The quantitative estimate of drug-likeness (QED) is 0.345. The van der Waals surface area contributed by atoms with E-state index in [9.17, 15) is 19.8 Å². The number of benzene rings is 2. The molecule has 36 heavy (non-hydrogen) atoms. The Morgan fingerprint density at radius 3 is 2.39 bits per heavy atom. The molecule has 1 aliphatic rings. The van der Waals surface area contributed by atoms with Gasteiger partial charge in [-0.15, -0.1) is 6.42 Å². The molecular formula is C25H27N5O6. The molecule has 0 atom stereocenters. The number of terminal acetylenes is 1. The molecule has 0 unspecified atom stereocenters. The Balaban J connectivity index is 1.28. The molecule has 1 fully saturated rings. The van der Waals surface area contributed by atoms with E-state index in [0.717, 1.165) is 11.3 Å². The lowest BCUT2D eigenvalue weighted by Crippen LogP contribution is -2.51. The molecule has 2 aromatic carbocycles. The molecule has 1 saturated heterocycles. The zero-order valence-corrected chi connectivity index (χ0v) is 19.5. The average molecular weight is 494 g/mol. The van der Waals surface area contributed by atoms with Gasteiger partial charge in [0.25, 0.3) is 5.88 Å². The van der Waals surface area contributed by atoms with E-state index < -0.39 is 17.7 Å². The number of H-pyrrole nitrogens is 1. The molecule has 1 aliphatic heterocycles. The molecule has 188 valence electrons. The summed E-state index contributed by atoms with van der Waals surface area (Å²) in [5, 5.41) is 22.8. The highest BCUT2D eigenvalue weighted by atomic mass is 16.7. The van der Waals surface area contributed by atoms with Crippen molar-refractivity contribution in [3.8, 4) is 29.7 Å². The lowest BCUT2D eigenvalue weighted by Gasteiger charge is -2.35. The topological polar surface area (TPSA) is 132 Å². The van der Waals surface area contributed by atoms with Gasteiger partial charge < -0.3 is 39.9 Å². The summed E-state index contributed by atoms with van der Waals surface area (Å²) >= 11 is 0. The zero-order chi connectivity index (χ0) is 25.5. The summed E-state index contributed by atoms with van der Waals surface area (Å²) in [5.41, 5.74) is 1.33. The summed E-state index contributed by atoms with van der Waals surface area (Å²) < 4.78 is 5.94. The van der Waals surface area contributed by atoms with Gasteiger partial charge in [-0.3, -0.25) is 0 Å². The van der Waals surface area contributed by atoms with Crippen LogP contribution in [-0.4, -0.2) is 63.7 Å². The molecule has 0 spiro atoms. The highest BCUT2D eigenvalue weighted by molar-refractivity contribution is 5.68. The third-order valence-electron chi connectivity index (χ3n) is 5.70. The molecule has 0 aliphatic carbocycles. The van der Waals surface area contributed by atoms with Crippen LogP contribution in [0.5, 0.6) is 17.4 Å². The number of rotatable bonds is 8. The predicted octanol–water partition coefficient (Wildman–Crippen LogP) is 1.26. The molecule has 0 bridgehead atoms. The number of carbonyl (C=O) groups is 1. The SMILES string of the molecule is C#CCOc1ccc(N2CCN(C(=O)On3c(O)c(CNCc4ccc(O)cc4)[nH]c3=O)CC2)cc1. The number of piperazine rings is 1. The van der Waals surface area contributed by atoms with Crippen molar-refractivity contribution in [3.63, 3.8) is 0 Å². The monoisotopic (exact) mass is 493 g/mol. The third kappa shape index (κ3) is 5.92. The van der Waals surface area contributed by atoms with Gasteiger partial charge in [0, 0.05) is 45.0 Å². The summed E-state index contributed by atoms with van der Waals surface area (Å²) in [5.74, 6) is 2.80. The van der Waals surface area contributed by atoms with E-state index >= 15 is 0 Å². The van der Waals surface area contributed by atoms with Gasteiger partial charge in [0.05, 0.1) is 5.69 Å². The summed E-state index contributed by atoms with van der Waals surface area (Å²) in [7, 11) is 0. The summed E-state index contributed by atoms with van der Waals surface area (Å²) in [6.07, 6.45) is 4.47. The van der Waals surface area contributed by atoms with Gasteiger partial charge in [-0.2, -0.15) is 0 Å². The molecule has 1 aromatic heterocycles. The smallest absolute Gasteiger partial charge is 0.434 e. The van der Waals surface area contributed by atoms with Crippen LogP contribution in [0.3, 0.4) is 0 Å². The van der Waals surface area contributed by atoms with Gasteiger partial charge in [-0.05, 0) is 42.0 Å². The Labute approximate surface area is 207 Å². The number of hydrogen-bond donors (Lipinski definition) is 4. The fourth-order valence-corrected chi connectivity index (χ4v) is 3.77. The maximum atomic E-state index is 12.6. The largest absolute Gasteiger partial charge is 0.508 e. The number of anilines is 1. The molecule has 3 aromatic rings. The summed E-state index contributed by atoms with van der Waals surface area (Å²) in [6, 6.07) is 14.2. The maximum Gasteiger partial charge on any atom is 0.434 e. The lowest BCUT2D eigenvalue weighted by atomic mass is 10.2. The second kappa shape index (κ2) is 11.2. The molecule has 0 radical (unpaired) electrons. The number of nitrogens with one attached hydrogen (secondary N) is 2. The first-order valence-corrected chi connectivity index (χ1v) is 11.3. The molecule has 4 N–H and O–H groups in total. The molecule has 11 nitrogen and oxygen atoms in total. The Hall–Kier alpha value is -4.56. The van der Waals surface area contributed by atoms with Gasteiger partial charge >= 0.3 is 11.8 Å². The summed E-state index contributed by atoms with van der Waals surface area (Å²) in [6.45, 7) is 2.69. The van der Waals surface area contributed by atoms with Crippen LogP contribution in [-0.2, 0) is 13.1 Å². The Morgan fingerprint density at radius 2 is 1.72 bits per heavy atom. The van der Waals surface area contributed by atoms with E-state index in [1.165, 1.54) is 4.90 Å². The van der Waals surface area contributed by atoms with Crippen LogP contribution in [0.2, 0.25) is 0 Å². The van der Waals surface area contributed by atoms with Gasteiger partial charge in [-0.25, -0.2) is 9.59 Å². The number of amides is 1. The van der Waals surface area contributed by atoms with Crippen LogP contribution >= 0.6 is 0 Å². The molecule has 4 rings (SSSR count). The minimum absolute atomic E-state index is 0.137. The number of aromatic nitrogens is 2. The lowest BCUT2D eigenvalue weighted by molar-refractivity contribution is 0.0779. The number of phenolic OH excluding ortho intramolecular Hbond substituents is 1. The number of nitrogens with zero attached hydrogens (tertiary/aromatic N) is 3.